The second kappa shape index (κ2) is 8.81. The van der Waals surface area contributed by atoms with Gasteiger partial charge in [0.2, 0.25) is 5.91 Å². The van der Waals surface area contributed by atoms with E-state index >= 15 is 0 Å². The molecule has 1 saturated heterocycles. The van der Waals surface area contributed by atoms with Gasteiger partial charge in [-0.05, 0) is 50.8 Å². The first-order chi connectivity index (χ1) is 12.2. The lowest BCUT2D eigenvalue weighted by Crippen LogP contribution is -2.42. The summed E-state index contributed by atoms with van der Waals surface area (Å²) in [5, 5.41) is 10.5. The normalized spacial score (nSPS) is 18.2. The SMILES string of the molecule is Cc1cc([C@@H]2CCCN(CC(=O)NCCCc3ccccc3)C2)n[nH]1. The number of aromatic amines is 1. The molecule has 134 valence electrons. The fourth-order valence-electron chi connectivity index (χ4n) is 3.51. The first-order valence-corrected chi connectivity index (χ1v) is 9.25. The number of H-pyrrole nitrogens is 1. The number of piperidine rings is 1. The Morgan fingerprint density at radius 2 is 2.20 bits per heavy atom. The number of carbonyl (C=O) groups is 1. The molecule has 2 heterocycles. The van der Waals surface area contributed by atoms with E-state index in [4.69, 9.17) is 0 Å². The number of benzene rings is 1. The molecule has 1 amide bonds. The van der Waals surface area contributed by atoms with Crippen LogP contribution in [0.4, 0.5) is 0 Å². The minimum atomic E-state index is 0.131. The van der Waals surface area contributed by atoms with E-state index in [1.807, 2.05) is 13.0 Å². The van der Waals surface area contributed by atoms with Crippen molar-refractivity contribution in [2.75, 3.05) is 26.2 Å². The maximum atomic E-state index is 12.2. The molecular weight excluding hydrogens is 312 g/mol. The van der Waals surface area contributed by atoms with Crippen LogP contribution < -0.4 is 5.32 Å². The van der Waals surface area contributed by atoms with E-state index in [0.29, 0.717) is 12.5 Å². The molecule has 0 unspecified atom stereocenters. The van der Waals surface area contributed by atoms with Crippen LogP contribution in [0.25, 0.3) is 0 Å². The van der Waals surface area contributed by atoms with E-state index in [1.165, 1.54) is 5.56 Å². The number of carbonyl (C=O) groups excluding carboxylic acids is 1. The number of aryl methyl sites for hydroxylation is 2. The molecule has 1 atom stereocenters. The van der Waals surface area contributed by atoms with Gasteiger partial charge in [0.25, 0.3) is 0 Å². The Bertz CT molecular complexity index is 667. The second-order valence-electron chi connectivity index (χ2n) is 6.99. The van der Waals surface area contributed by atoms with Crippen molar-refractivity contribution in [3.8, 4) is 0 Å². The van der Waals surface area contributed by atoms with Gasteiger partial charge in [0.15, 0.2) is 0 Å². The molecule has 0 radical (unpaired) electrons. The molecule has 5 heteroatoms. The molecule has 5 nitrogen and oxygen atoms in total. The monoisotopic (exact) mass is 340 g/mol. The maximum absolute atomic E-state index is 12.2. The predicted octanol–water partition coefficient (Wildman–Crippen LogP) is 2.65. The lowest BCUT2D eigenvalue weighted by Gasteiger charge is -2.31. The number of amides is 1. The summed E-state index contributed by atoms with van der Waals surface area (Å²) in [6, 6.07) is 12.5. The van der Waals surface area contributed by atoms with Crippen LogP contribution >= 0.6 is 0 Å². The quantitative estimate of drug-likeness (QED) is 0.762. The van der Waals surface area contributed by atoms with Gasteiger partial charge in [-0.3, -0.25) is 14.8 Å². The molecule has 3 rings (SSSR count). The third-order valence-corrected chi connectivity index (χ3v) is 4.82. The minimum absolute atomic E-state index is 0.131. The third-order valence-electron chi connectivity index (χ3n) is 4.82. The van der Waals surface area contributed by atoms with Crippen LogP contribution in [0.2, 0.25) is 0 Å². The van der Waals surface area contributed by atoms with E-state index in [2.05, 4.69) is 50.7 Å². The molecule has 0 aliphatic carbocycles. The summed E-state index contributed by atoms with van der Waals surface area (Å²) in [4.78, 5) is 14.4. The van der Waals surface area contributed by atoms with E-state index in [0.717, 1.165) is 56.7 Å². The van der Waals surface area contributed by atoms with Gasteiger partial charge in [0.05, 0.1) is 12.2 Å². The number of aromatic nitrogens is 2. The minimum Gasteiger partial charge on any atom is -0.355 e. The molecule has 1 aliphatic heterocycles. The van der Waals surface area contributed by atoms with Gasteiger partial charge in [0.1, 0.15) is 0 Å². The smallest absolute Gasteiger partial charge is 0.234 e. The summed E-state index contributed by atoms with van der Waals surface area (Å²) in [5.41, 5.74) is 3.55. The summed E-state index contributed by atoms with van der Waals surface area (Å²) in [5.74, 6) is 0.566. The Morgan fingerprint density at radius 1 is 1.36 bits per heavy atom. The van der Waals surface area contributed by atoms with Gasteiger partial charge >= 0.3 is 0 Å². The molecule has 1 aromatic heterocycles. The van der Waals surface area contributed by atoms with Crippen molar-refractivity contribution in [2.24, 2.45) is 0 Å². The average Bonchev–Trinajstić information content (AvgIpc) is 3.06. The van der Waals surface area contributed by atoms with Gasteiger partial charge in [-0.1, -0.05) is 30.3 Å². The van der Waals surface area contributed by atoms with Crippen LogP contribution in [0.5, 0.6) is 0 Å². The number of likely N-dealkylation sites (tertiary alicyclic amines) is 1. The van der Waals surface area contributed by atoms with E-state index in [-0.39, 0.29) is 5.91 Å². The van der Waals surface area contributed by atoms with Crippen molar-refractivity contribution >= 4 is 5.91 Å². The van der Waals surface area contributed by atoms with Crippen LogP contribution in [0, 0.1) is 6.92 Å². The number of rotatable bonds is 7. The first kappa shape index (κ1) is 17.7. The van der Waals surface area contributed by atoms with Gasteiger partial charge < -0.3 is 5.32 Å². The first-order valence-electron chi connectivity index (χ1n) is 9.25. The predicted molar refractivity (Wildman–Crippen MR) is 99.5 cm³/mol. The van der Waals surface area contributed by atoms with Crippen molar-refractivity contribution in [1.29, 1.82) is 0 Å². The van der Waals surface area contributed by atoms with Crippen molar-refractivity contribution < 1.29 is 4.79 Å². The van der Waals surface area contributed by atoms with Gasteiger partial charge in [-0.15, -0.1) is 0 Å². The average molecular weight is 340 g/mol. The number of hydrogen-bond acceptors (Lipinski definition) is 3. The van der Waals surface area contributed by atoms with Crippen molar-refractivity contribution in [1.82, 2.24) is 20.4 Å². The third kappa shape index (κ3) is 5.43. The zero-order valence-corrected chi connectivity index (χ0v) is 15.0. The van der Waals surface area contributed by atoms with E-state index in [9.17, 15) is 4.79 Å². The summed E-state index contributed by atoms with van der Waals surface area (Å²) in [7, 11) is 0. The highest BCUT2D eigenvalue weighted by Gasteiger charge is 2.24. The van der Waals surface area contributed by atoms with Gasteiger partial charge in [-0.2, -0.15) is 5.10 Å². The summed E-state index contributed by atoms with van der Waals surface area (Å²) < 4.78 is 0. The molecule has 2 aromatic rings. The summed E-state index contributed by atoms with van der Waals surface area (Å²) in [6.07, 6.45) is 4.26. The highest BCUT2D eigenvalue weighted by atomic mass is 16.2. The number of nitrogens with zero attached hydrogens (tertiary/aromatic N) is 2. The van der Waals surface area contributed by atoms with Crippen LogP contribution in [0.1, 0.15) is 42.1 Å². The molecule has 0 bridgehead atoms. The number of nitrogens with one attached hydrogen (secondary N) is 2. The molecule has 2 N–H and O–H groups in total. The number of hydrogen-bond donors (Lipinski definition) is 2. The van der Waals surface area contributed by atoms with E-state index < -0.39 is 0 Å². The molecule has 25 heavy (non-hydrogen) atoms. The second-order valence-corrected chi connectivity index (χ2v) is 6.99. The highest BCUT2D eigenvalue weighted by Crippen LogP contribution is 2.25. The Hall–Kier alpha value is -2.14. The van der Waals surface area contributed by atoms with Crippen LogP contribution in [-0.2, 0) is 11.2 Å². The molecule has 1 aromatic carbocycles. The lowest BCUT2D eigenvalue weighted by atomic mass is 9.94. The lowest BCUT2D eigenvalue weighted by molar-refractivity contribution is -0.122. The fraction of sp³-hybridized carbons (Fsp3) is 0.500. The topological polar surface area (TPSA) is 61.0 Å². The maximum Gasteiger partial charge on any atom is 0.234 e. The Balaban J connectivity index is 1.37. The standard InChI is InChI=1S/C20H28N4O/c1-16-13-19(23-22-16)18-10-6-12-24(14-18)15-20(25)21-11-5-9-17-7-3-2-4-8-17/h2-4,7-8,13,18H,5-6,9-12,14-15H2,1H3,(H,21,25)(H,22,23)/t18-/m1/s1. The zero-order chi connectivity index (χ0) is 17.5. The van der Waals surface area contributed by atoms with Gasteiger partial charge in [0, 0.05) is 24.7 Å². The van der Waals surface area contributed by atoms with Crippen molar-refractivity contribution in [2.45, 2.75) is 38.5 Å². The van der Waals surface area contributed by atoms with Crippen LogP contribution in [0.3, 0.4) is 0 Å². The Kier molecular flexibility index (Phi) is 6.23. The van der Waals surface area contributed by atoms with Crippen molar-refractivity contribution in [3.63, 3.8) is 0 Å². The van der Waals surface area contributed by atoms with Crippen LogP contribution in [-0.4, -0.2) is 47.2 Å². The molecular formula is C20H28N4O. The van der Waals surface area contributed by atoms with Crippen molar-refractivity contribution in [3.05, 3.63) is 53.3 Å². The summed E-state index contributed by atoms with van der Waals surface area (Å²) >= 11 is 0. The Labute approximate surface area is 149 Å². The zero-order valence-electron chi connectivity index (χ0n) is 15.0. The fourth-order valence-corrected chi connectivity index (χ4v) is 3.51. The molecule has 1 aliphatic rings. The molecule has 0 saturated carbocycles. The van der Waals surface area contributed by atoms with Gasteiger partial charge in [-0.25, -0.2) is 0 Å². The summed E-state index contributed by atoms with van der Waals surface area (Å²) in [6.45, 7) is 5.17. The Morgan fingerprint density at radius 3 is 2.96 bits per heavy atom. The highest BCUT2D eigenvalue weighted by molar-refractivity contribution is 5.78. The van der Waals surface area contributed by atoms with E-state index in [1.54, 1.807) is 0 Å². The largest absolute Gasteiger partial charge is 0.355 e. The van der Waals surface area contributed by atoms with Crippen LogP contribution in [0.15, 0.2) is 36.4 Å². The molecule has 0 spiro atoms. The molecule has 1 fully saturated rings.